The Morgan fingerprint density at radius 1 is 1.28 bits per heavy atom. The zero-order valence-corrected chi connectivity index (χ0v) is 15.4. The quantitative estimate of drug-likeness (QED) is 0.755. The molecule has 1 amide bonds. The molecule has 0 saturated heterocycles. The maximum atomic E-state index is 14.1. The first-order chi connectivity index (χ1) is 12.0. The van der Waals surface area contributed by atoms with E-state index in [1.54, 1.807) is 41.5 Å². The van der Waals surface area contributed by atoms with E-state index in [2.05, 4.69) is 0 Å². The predicted octanol–water partition coefficient (Wildman–Crippen LogP) is 4.16. The van der Waals surface area contributed by atoms with Gasteiger partial charge >= 0.3 is 0 Å². The van der Waals surface area contributed by atoms with E-state index in [4.69, 9.17) is 11.6 Å². The van der Waals surface area contributed by atoms with Crippen LogP contribution in [-0.2, 0) is 23.1 Å². The van der Waals surface area contributed by atoms with E-state index >= 15 is 0 Å². The normalized spacial score (nSPS) is 15.0. The minimum absolute atomic E-state index is 0.118. The van der Waals surface area contributed by atoms with Gasteiger partial charge in [0.05, 0.1) is 6.54 Å². The first-order valence-electron chi connectivity index (χ1n) is 8.08. The highest BCUT2D eigenvalue weighted by molar-refractivity contribution is 7.83. The molecule has 1 unspecified atom stereocenters. The fourth-order valence-electron chi connectivity index (χ4n) is 2.80. The molecule has 0 aromatic heterocycles. The summed E-state index contributed by atoms with van der Waals surface area (Å²) in [5.41, 5.74) is 1.73. The highest BCUT2D eigenvalue weighted by Crippen LogP contribution is 2.32. The average molecular weight is 380 g/mol. The lowest BCUT2D eigenvalue weighted by molar-refractivity contribution is 0.0728. The van der Waals surface area contributed by atoms with Gasteiger partial charge in [0.25, 0.3) is 5.91 Å². The Morgan fingerprint density at radius 3 is 2.64 bits per heavy atom. The molecule has 1 aliphatic carbocycles. The number of halogens is 2. The van der Waals surface area contributed by atoms with Crippen molar-refractivity contribution >= 4 is 28.3 Å². The predicted molar refractivity (Wildman–Crippen MR) is 98.5 cm³/mol. The fraction of sp³-hybridized carbons (Fsp3) is 0.316. The first-order valence-corrected chi connectivity index (χ1v) is 10.2. The van der Waals surface area contributed by atoms with Gasteiger partial charge in [-0.25, -0.2) is 4.39 Å². The van der Waals surface area contributed by atoms with Crippen LogP contribution in [-0.4, -0.2) is 27.3 Å². The lowest BCUT2D eigenvalue weighted by Gasteiger charge is -2.23. The molecule has 25 heavy (non-hydrogen) atoms. The molecule has 0 radical (unpaired) electrons. The third-order valence-electron chi connectivity index (χ3n) is 4.18. The van der Waals surface area contributed by atoms with E-state index in [-0.39, 0.29) is 18.5 Å². The number of hydrogen-bond acceptors (Lipinski definition) is 2. The Morgan fingerprint density at radius 2 is 2.00 bits per heavy atom. The van der Waals surface area contributed by atoms with E-state index in [1.807, 2.05) is 6.07 Å². The van der Waals surface area contributed by atoms with Crippen LogP contribution in [0.5, 0.6) is 0 Å². The van der Waals surface area contributed by atoms with Gasteiger partial charge in [-0.1, -0.05) is 29.8 Å². The summed E-state index contributed by atoms with van der Waals surface area (Å²) in [4.78, 5) is 14.7. The number of amides is 1. The van der Waals surface area contributed by atoms with Crippen molar-refractivity contribution in [1.82, 2.24) is 4.90 Å². The Hall–Kier alpha value is -1.72. The molecule has 0 bridgehead atoms. The van der Waals surface area contributed by atoms with E-state index in [1.165, 1.54) is 6.07 Å². The van der Waals surface area contributed by atoms with Crippen LogP contribution in [0.2, 0.25) is 5.02 Å². The fourth-order valence-corrected chi connectivity index (χ4v) is 3.67. The second kappa shape index (κ2) is 7.67. The summed E-state index contributed by atoms with van der Waals surface area (Å²) >= 11 is 6.12. The summed E-state index contributed by atoms with van der Waals surface area (Å²) in [5.74, 6) is -0.143. The number of nitrogens with zero attached hydrogens (tertiary/aromatic N) is 1. The molecule has 1 fully saturated rings. The van der Waals surface area contributed by atoms with Crippen molar-refractivity contribution in [3.8, 4) is 0 Å². The van der Waals surface area contributed by atoms with Crippen molar-refractivity contribution in [2.45, 2.75) is 31.2 Å². The SMILES string of the molecule is CS(=O)Cc1cccc(C(=O)N(Cc2c(F)cccc2Cl)C2CC2)c1. The Balaban J connectivity index is 1.86. The number of rotatable bonds is 6. The van der Waals surface area contributed by atoms with Gasteiger partial charge in [-0.05, 0) is 42.7 Å². The van der Waals surface area contributed by atoms with Gasteiger partial charge in [-0.3, -0.25) is 9.00 Å². The molecule has 1 aliphatic rings. The van der Waals surface area contributed by atoms with Gasteiger partial charge in [-0.15, -0.1) is 0 Å². The lowest BCUT2D eigenvalue weighted by Crippen LogP contribution is -2.33. The van der Waals surface area contributed by atoms with Crippen LogP contribution >= 0.6 is 11.6 Å². The van der Waals surface area contributed by atoms with Crippen LogP contribution in [0.3, 0.4) is 0 Å². The molecular formula is C19H19ClFNO2S. The van der Waals surface area contributed by atoms with Crippen LogP contribution in [0, 0.1) is 5.82 Å². The van der Waals surface area contributed by atoms with Crippen molar-refractivity contribution in [2.24, 2.45) is 0 Å². The Bertz CT molecular complexity index is 803. The van der Waals surface area contributed by atoms with E-state index in [0.717, 1.165) is 18.4 Å². The molecule has 1 atom stereocenters. The van der Waals surface area contributed by atoms with Gasteiger partial charge in [0.2, 0.25) is 0 Å². The standard InChI is InChI=1S/C19H19ClFNO2S/c1-25(24)12-13-4-2-5-14(10-13)19(23)22(15-8-9-15)11-16-17(20)6-3-7-18(16)21/h2-7,10,15H,8-9,11-12H2,1H3. The maximum Gasteiger partial charge on any atom is 0.254 e. The third kappa shape index (κ3) is 4.47. The number of carbonyl (C=O) groups is 1. The molecule has 3 nitrogen and oxygen atoms in total. The van der Waals surface area contributed by atoms with Crippen molar-refractivity contribution < 1.29 is 13.4 Å². The van der Waals surface area contributed by atoms with Gasteiger partial charge in [0.15, 0.2) is 0 Å². The molecular weight excluding hydrogens is 361 g/mol. The third-order valence-corrected chi connectivity index (χ3v) is 5.28. The molecule has 6 heteroatoms. The average Bonchev–Trinajstić information content (AvgIpc) is 3.38. The van der Waals surface area contributed by atoms with Crippen LogP contribution < -0.4 is 0 Å². The Labute approximate surface area is 154 Å². The van der Waals surface area contributed by atoms with Gasteiger partial charge in [0, 0.05) is 45.0 Å². The minimum atomic E-state index is -0.975. The van der Waals surface area contributed by atoms with Crippen LogP contribution in [0.1, 0.15) is 34.3 Å². The monoisotopic (exact) mass is 379 g/mol. The topological polar surface area (TPSA) is 37.4 Å². The van der Waals surface area contributed by atoms with E-state index in [9.17, 15) is 13.4 Å². The number of carbonyl (C=O) groups excluding carboxylic acids is 1. The summed E-state index contributed by atoms with van der Waals surface area (Å²) in [6.07, 6.45) is 3.46. The highest BCUT2D eigenvalue weighted by atomic mass is 35.5. The zero-order valence-electron chi connectivity index (χ0n) is 13.9. The van der Waals surface area contributed by atoms with Gasteiger partial charge in [0.1, 0.15) is 5.82 Å². The Kier molecular flexibility index (Phi) is 5.54. The second-order valence-corrected chi connectivity index (χ2v) is 8.12. The zero-order chi connectivity index (χ0) is 18.0. The highest BCUT2D eigenvalue weighted by Gasteiger charge is 2.34. The summed E-state index contributed by atoms with van der Waals surface area (Å²) in [6.45, 7) is 0.152. The summed E-state index contributed by atoms with van der Waals surface area (Å²) < 4.78 is 25.5. The molecule has 0 N–H and O–H groups in total. The van der Waals surface area contributed by atoms with Crippen molar-refractivity contribution in [3.63, 3.8) is 0 Å². The minimum Gasteiger partial charge on any atom is -0.331 e. The molecule has 2 aromatic rings. The molecule has 132 valence electrons. The second-order valence-electron chi connectivity index (χ2n) is 6.28. The molecule has 0 heterocycles. The van der Waals surface area contributed by atoms with Crippen LogP contribution in [0.15, 0.2) is 42.5 Å². The number of benzene rings is 2. The summed E-state index contributed by atoms with van der Waals surface area (Å²) in [7, 11) is -0.975. The van der Waals surface area contributed by atoms with E-state index < -0.39 is 16.6 Å². The molecule has 0 spiro atoms. The molecule has 3 rings (SSSR count). The van der Waals surface area contributed by atoms with Gasteiger partial charge in [-0.2, -0.15) is 0 Å². The van der Waals surface area contributed by atoms with E-state index in [0.29, 0.717) is 21.9 Å². The molecule has 2 aromatic carbocycles. The van der Waals surface area contributed by atoms with Crippen LogP contribution in [0.25, 0.3) is 0 Å². The van der Waals surface area contributed by atoms with Crippen molar-refractivity contribution in [2.75, 3.05) is 6.26 Å². The molecule has 1 saturated carbocycles. The smallest absolute Gasteiger partial charge is 0.254 e. The maximum absolute atomic E-state index is 14.1. The summed E-state index contributed by atoms with van der Waals surface area (Å²) in [6, 6.07) is 11.8. The van der Waals surface area contributed by atoms with Gasteiger partial charge < -0.3 is 4.90 Å². The van der Waals surface area contributed by atoms with Crippen LogP contribution in [0.4, 0.5) is 4.39 Å². The largest absolute Gasteiger partial charge is 0.331 e. The van der Waals surface area contributed by atoms with Crippen molar-refractivity contribution in [3.05, 3.63) is 70.0 Å². The number of hydrogen-bond donors (Lipinski definition) is 0. The first kappa shape index (κ1) is 18.1. The van der Waals surface area contributed by atoms with Crippen molar-refractivity contribution in [1.29, 1.82) is 0 Å². The molecule has 0 aliphatic heterocycles. The lowest BCUT2D eigenvalue weighted by atomic mass is 10.1. The summed E-state index contributed by atoms with van der Waals surface area (Å²) in [5, 5.41) is 0.327.